The Morgan fingerprint density at radius 3 is 2.56 bits per heavy atom. The molecule has 36 heavy (non-hydrogen) atoms. The van der Waals surface area contributed by atoms with Gasteiger partial charge in [-0.15, -0.1) is 0 Å². The molecular formula is C28H37N5O3. The van der Waals surface area contributed by atoms with Crippen molar-refractivity contribution in [1.29, 1.82) is 0 Å². The molecule has 1 fully saturated rings. The van der Waals surface area contributed by atoms with E-state index in [1.54, 1.807) is 0 Å². The molecule has 8 heteroatoms. The predicted octanol–water partition coefficient (Wildman–Crippen LogP) is 3.22. The first-order valence-corrected chi connectivity index (χ1v) is 12.9. The van der Waals surface area contributed by atoms with Crippen molar-refractivity contribution in [2.24, 2.45) is 5.10 Å². The minimum atomic E-state index is -0.183. The second kappa shape index (κ2) is 12.6. The van der Waals surface area contributed by atoms with Crippen LogP contribution in [0.5, 0.6) is 0 Å². The van der Waals surface area contributed by atoms with E-state index >= 15 is 0 Å². The van der Waals surface area contributed by atoms with Crippen LogP contribution < -0.4 is 5.32 Å². The number of anilines is 1. The van der Waals surface area contributed by atoms with Crippen molar-refractivity contribution in [1.82, 2.24) is 14.8 Å². The fraction of sp³-hybridized carbons (Fsp3) is 0.464. The summed E-state index contributed by atoms with van der Waals surface area (Å²) in [5.41, 5.74) is 4.67. The number of likely N-dealkylation sites (N-methyl/N-ethyl adjacent to an activating group) is 1. The van der Waals surface area contributed by atoms with Crippen LogP contribution in [0.1, 0.15) is 46.8 Å². The maximum absolute atomic E-state index is 12.9. The highest BCUT2D eigenvalue weighted by atomic mass is 16.5. The lowest BCUT2D eigenvalue weighted by atomic mass is 9.97. The van der Waals surface area contributed by atoms with E-state index in [-0.39, 0.29) is 18.4 Å². The molecule has 0 aromatic heterocycles. The van der Waals surface area contributed by atoms with Crippen molar-refractivity contribution in [3.05, 3.63) is 64.7 Å². The van der Waals surface area contributed by atoms with Crippen molar-refractivity contribution in [2.75, 3.05) is 58.2 Å². The highest BCUT2D eigenvalue weighted by molar-refractivity contribution is 6.04. The van der Waals surface area contributed by atoms with E-state index in [0.29, 0.717) is 18.7 Å². The molecule has 1 N–H and O–H groups in total. The number of hydrazone groups is 1. The number of esters is 1. The SMILES string of the molecule is CCCCOC(=O)CN1CCc2ccc(C(=O)Nc3ccc(/C=N/N4CCN(C)CC4)cc3)cc2C1. The van der Waals surface area contributed by atoms with Gasteiger partial charge in [-0.2, -0.15) is 5.10 Å². The summed E-state index contributed by atoms with van der Waals surface area (Å²) in [5, 5.41) is 9.64. The third-order valence-corrected chi connectivity index (χ3v) is 6.69. The summed E-state index contributed by atoms with van der Waals surface area (Å²) in [4.78, 5) is 29.4. The number of fused-ring (bicyclic) bond motifs is 1. The molecule has 192 valence electrons. The van der Waals surface area contributed by atoms with Gasteiger partial charge in [0.25, 0.3) is 5.91 Å². The van der Waals surface area contributed by atoms with Crippen molar-refractivity contribution < 1.29 is 14.3 Å². The maximum Gasteiger partial charge on any atom is 0.320 e. The molecular weight excluding hydrogens is 454 g/mol. The van der Waals surface area contributed by atoms with Gasteiger partial charge in [-0.1, -0.05) is 31.5 Å². The fourth-order valence-electron chi connectivity index (χ4n) is 4.37. The largest absolute Gasteiger partial charge is 0.465 e. The zero-order valence-corrected chi connectivity index (χ0v) is 21.4. The zero-order valence-electron chi connectivity index (χ0n) is 21.4. The Morgan fingerprint density at radius 2 is 1.81 bits per heavy atom. The number of amides is 1. The van der Waals surface area contributed by atoms with Gasteiger partial charge in [0, 0.05) is 50.5 Å². The van der Waals surface area contributed by atoms with E-state index < -0.39 is 0 Å². The number of carbonyl (C=O) groups is 2. The van der Waals surface area contributed by atoms with Crippen molar-refractivity contribution in [3.63, 3.8) is 0 Å². The number of piperazine rings is 1. The van der Waals surface area contributed by atoms with Crippen LogP contribution in [0, 0.1) is 0 Å². The average molecular weight is 492 g/mol. The van der Waals surface area contributed by atoms with Gasteiger partial charge in [-0.3, -0.25) is 19.5 Å². The number of ether oxygens (including phenoxy) is 1. The zero-order chi connectivity index (χ0) is 25.3. The lowest BCUT2D eigenvalue weighted by Gasteiger charge is -2.30. The van der Waals surface area contributed by atoms with Gasteiger partial charge in [-0.25, -0.2) is 0 Å². The van der Waals surface area contributed by atoms with Crippen molar-refractivity contribution in [3.8, 4) is 0 Å². The molecule has 0 spiro atoms. The molecule has 2 aromatic carbocycles. The van der Waals surface area contributed by atoms with Crippen LogP contribution >= 0.6 is 0 Å². The summed E-state index contributed by atoms with van der Waals surface area (Å²) in [6.07, 6.45) is 4.62. The second-order valence-corrected chi connectivity index (χ2v) is 9.60. The number of unbranched alkanes of at least 4 members (excludes halogenated alkanes) is 1. The Kier molecular flexibility index (Phi) is 9.08. The first-order valence-electron chi connectivity index (χ1n) is 12.9. The van der Waals surface area contributed by atoms with Gasteiger partial charge in [0.05, 0.1) is 19.4 Å². The highest BCUT2D eigenvalue weighted by Crippen LogP contribution is 2.21. The van der Waals surface area contributed by atoms with E-state index in [2.05, 4.69) is 39.2 Å². The summed E-state index contributed by atoms with van der Waals surface area (Å²) >= 11 is 0. The number of nitrogens with one attached hydrogen (secondary N) is 1. The molecule has 8 nitrogen and oxygen atoms in total. The molecule has 0 unspecified atom stereocenters. The maximum atomic E-state index is 12.9. The smallest absolute Gasteiger partial charge is 0.320 e. The summed E-state index contributed by atoms with van der Waals surface area (Å²) in [7, 11) is 2.13. The van der Waals surface area contributed by atoms with Gasteiger partial charge < -0.3 is 15.0 Å². The Balaban J connectivity index is 1.30. The predicted molar refractivity (Wildman–Crippen MR) is 142 cm³/mol. The molecule has 0 bridgehead atoms. The average Bonchev–Trinajstić information content (AvgIpc) is 2.89. The van der Waals surface area contributed by atoms with Crippen LogP contribution in [-0.4, -0.2) is 85.8 Å². The van der Waals surface area contributed by atoms with E-state index in [1.165, 1.54) is 5.56 Å². The minimum absolute atomic E-state index is 0.146. The Bertz CT molecular complexity index is 1060. The summed E-state index contributed by atoms with van der Waals surface area (Å²) in [6.45, 7) is 8.20. The van der Waals surface area contributed by atoms with E-state index in [4.69, 9.17) is 4.74 Å². The molecule has 1 saturated heterocycles. The van der Waals surface area contributed by atoms with Gasteiger partial charge in [0.1, 0.15) is 0 Å². The Morgan fingerprint density at radius 1 is 1.03 bits per heavy atom. The van der Waals surface area contributed by atoms with Crippen molar-refractivity contribution >= 4 is 23.8 Å². The normalized spacial score (nSPS) is 16.7. The molecule has 1 amide bonds. The number of nitrogens with zero attached hydrogens (tertiary/aromatic N) is 4. The van der Waals surface area contributed by atoms with Crippen molar-refractivity contribution in [2.45, 2.75) is 32.7 Å². The molecule has 4 rings (SSSR count). The minimum Gasteiger partial charge on any atom is -0.465 e. The third kappa shape index (κ3) is 7.38. The third-order valence-electron chi connectivity index (χ3n) is 6.69. The molecule has 0 saturated carbocycles. The quantitative estimate of drug-likeness (QED) is 0.330. The first kappa shape index (κ1) is 25.9. The van der Waals surface area contributed by atoms with E-state index in [1.807, 2.05) is 48.7 Å². The number of carbonyl (C=O) groups excluding carboxylic acids is 2. The van der Waals surface area contributed by atoms with Gasteiger partial charge >= 0.3 is 5.97 Å². The monoisotopic (exact) mass is 491 g/mol. The highest BCUT2D eigenvalue weighted by Gasteiger charge is 2.20. The Hall–Kier alpha value is -3.23. The summed E-state index contributed by atoms with van der Waals surface area (Å²) in [6, 6.07) is 13.6. The van der Waals surface area contributed by atoms with Crippen LogP contribution in [0.4, 0.5) is 5.69 Å². The van der Waals surface area contributed by atoms with Gasteiger partial charge in [0.15, 0.2) is 0 Å². The van der Waals surface area contributed by atoms with Gasteiger partial charge in [0.2, 0.25) is 0 Å². The molecule has 2 aliphatic heterocycles. The molecule has 0 atom stereocenters. The molecule has 2 heterocycles. The van der Waals surface area contributed by atoms with Gasteiger partial charge in [-0.05, 0) is 60.8 Å². The number of rotatable bonds is 9. The molecule has 2 aromatic rings. The number of benzene rings is 2. The molecule has 0 aliphatic carbocycles. The number of hydrogen-bond donors (Lipinski definition) is 1. The second-order valence-electron chi connectivity index (χ2n) is 9.60. The van der Waals surface area contributed by atoms with Crippen LogP contribution in [-0.2, 0) is 22.5 Å². The fourth-order valence-corrected chi connectivity index (χ4v) is 4.37. The van der Waals surface area contributed by atoms with Crippen LogP contribution in [0.2, 0.25) is 0 Å². The lowest BCUT2D eigenvalue weighted by Crippen LogP contribution is -2.41. The molecule has 2 aliphatic rings. The van der Waals surface area contributed by atoms with Crippen LogP contribution in [0.15, 0.2) is 47.6 Å². The lowest BCUT2D eigenvalue weighted by molar-refractivity contribution is -0.145. The first-order chi connectivity index (χ1) is 17.5. The summed E-state index contributed by atoms with van der Waals surface area (Å²) in [5.74, 6) is -0.328. The van der Waals surface area contributed by atoms with Crippen LogP contribution in [0.25, 0.3) is 0 Å². The number of hydrogen-bond acceptors (Lipinski definition) is 7. The molecule has 0 radical (unpaired) electrons. The Labute approximate surface area is 213 Å². The standard InChI is InChI=1S/C28H37N5O3/c1-3-4-17-36-27(34)21-32-12-11-23-7-8-24(18-25(23)20-32)28(35)30-26-9-5-22(6-10-26)19-29-33-15-13-31(2)14-16-33/h5-10,18-19H,3-4,11-17,20-21H2,1-2H3,(H,30,35)/b29-19+. The van der Waals surface area contributed by atoms with E-state index in [0.717, 1.165) is 68.8 Å². The van der Waals surface area contributed by atoms with E-state index in [9.17, 15) is 9.59 Å². The summed E-state index contributed by atoms with van der Waals surface area (Å²) < 4.78 is 5.30. The topological polar surface area (TPSA) is 77.5 Å². The van der Waals surface area contributed by atoms with Crippen LogP contribution in [0.3, 0.4) is 0 Å².